The fraction of sp³-hybridized carbons (Fsp3) is 0.462. The summed E-state index contributed by atoms with van der Waals surface area (Å²) < 4.78 is 27.3. The number of aliphatic carboxylic acids is 1. The van der Waals surface area contributed by atoms with Crippen molar-refractivity contribution >= 4 is 31.9 Å². The Kier molecular flexibility index (Phi) is 5.73. The smallest absolute Gasteiger partial charge is 0.322 e. The lowest BCUT2D eigenvalue weighted by Crippen LogP contribution is -2.45. The molecule has 0 saturated heterocycles. The van der Waals surface area contributed by atoms with Gasteiger partial charge in [-0.3, -0.25) is 4.79 Å². The zero-order valence-corrected chi connectivity index (χ0v) is 14.0. The maximum absolute atomic E-state index is 12.3. The molecule has 0 amide bonds. The highest BCUT2D eigenvalue weighted by Crippen LogP contribution is 2.24. The van der Waals surface area contributed by atoms with Crippen LogP contribution in [0.4, 0.5) is 0 Å². The highest BCUT2D eigenvalue weighted by atomic mass is 79.9. The van der Waals surface area contributed by atoms with Gasteiger partial charge in [0, 0.05) is 4.47 Å². The fourth-order valence-corrected chi connectivity index (χ4v) is 4.04. The van der Waals surface area contributed by atoms with Crippen LogP contribution in [0.5, 0.6) is 0 Å². The standard InChI is InChI=1S/C13H18BrNO4S/c1-4-9(3)12(13(16)17)15-20(18,19)11-7-8(2)5-6-10(11)14/h5-7,9,12,15H,4H2,1-3H3,(H,16,17)/t9-,12-/m0/s1. The van der Waals surface area contributed by atoms with E-state index < -0.39 is 22.0 Å². The van der Waals surface area contributed by atoms with Gasteiger partial charge in [0.2, 0.25) is 10.0 Å². The summed E-state index contributed by atoms with van der Waals surface area (Å²) in [7, 11) is -3.89. The highest BCUT2D eigenvalue weighted by molar-refractivity contribution is 9.10. The Bertz CT molecular complexity index is 600. The third kappa shape index (κ3) is 4.04. The molecule has 112 valence electrons. The first kappa shape index (κ1) is 17.1. The van der Waals surface area contributed by atoms with E-state index in [2.05, 4.69) is 20.7 Å². The van der Waals surface area contributed by atoms with Gasteiger partial charge in [-0.05, 0) is 46.5 Å². The molecule has 0 spiro atoms. The number of sulfonamides is 1. The summed E-state index contributed by atoms with van der Waals surface area (Å²) in [5, 5.41) is 9.17. The first-order valence-electron chi connectivity index (χ1n) is 6.20. The molecule has 0 aliphatic carbocycles. The summed E-state index contributed by atoms with van der Waals surface area (Å²) in [6.07, 6.45) is 0.564. The van der Waals surface area contributed by atoms with Gasteiger partial charge in [-0.2, -0.15) is 4.72 Å². The molecule has 0 unspecified atom stereocenters. The van der Waals surface area contributed by atoms with Gasteiger partial charge in [0.15, 0.2) is 0 Å². The number of nitrogens with one attached hydrogen (secondary N) is 1. The van der Waals surface area contributed by atoms with Crippen LogP contribution in [-0.2, 0) is 14.8 Å². The van der Waals surface area contributed by atoms with Crippen LogP contribution in [0.1, 0.15) is 25.8 Å². The summed E-state index contributed by atoms with van der Waals surface area (Å²) in [6.45, 7) is 5.29. The van der Waals surface area contributed by atoms with Gasteiger partial charge in [-0.1, -0.05) is 26.3 Å². The molecule has 2 N–H and O–H groups in total. The number of carboxylic acids is 1. The van der Waals surface area contributed by atoms with Crippen LogP contribution in [0, 0.1) is 12.8 Å². The van der Waals surface area contributed by atoms with Crippen molar-refractivity contribution in [3.63, 3.8) is 0 Å². The lowest BCUT2D eigenvalue weighted by molar-refractivity contribution is -0.140. The molecule has 0 radical (unpaired) electrons. The molecule has 20 heavy (non-hydrogen) atoms. The number of hydrogen-bond donors (Lipinski definition) is 2. The Hall–Kier alpha value is -0.920. The molecule has 7 heteroatoms. The summed E-state index contributed by atoms with van der Waals surface area (Å²) in [5.41, 5.74) is 0.781. The molecule has 0 heterocycles. The van der Waals surface area contributed by atoms with Crippen molar-refractivity contribution in [1.29, 1.82) is 0 Å². The number of aryl methyl sites for hydroxylation is 1. The highest BCUT2D eigenvalue weighted by Gasteiger charge is 2.30. The minimum Gasteiger partial charge on any atom is -0.480 e. The van der Waals surface area contributed by atoms with Crippen molar-refractivity contribution in [2.24, 2.45) is 5.92 Å². The molecule has 0 fully saturated rings. The van der Waals surface area contributed by atoms with E-state index in [1.807, 2.05) is 6.92 Å². The third-order valence-corrected chi connectivity index (χ3v) is 5.57. The zero-order chi connectivity index (χ0) is 15.5. The number of rotatable bonds is 6. The Morgan fingerprint density at radius 1 is 1.45 bits per heavy atom. The maximum atomic E-state index is 12.3. The zero-order valence-electron chi connectivity index (χ0n) is 11.6. The van der Waals surface area contributed by atoms with Crippen molar-refractivity contribution in [3.8, 4) is 0 Å². The van der Waals surface area contributed by atoms with Crippen LogP contribution >= 0.6 is 15.9 Å². The molecule has 5 nitrogen and oxygen atoms in total. The molecular weight excluding hydrogens is 346 g/mol. The van der Waals surface area contributed by atoms with Crippen molar-refractivity contribution in [2.75, 3.05) is 0 Å². The molecule has 0 aliphatic heterocycles. The van der Waals surface area contributed by atoms with E-state index in [0.29, 0.717) is 10.9 Å². The molecule has 2 atom stereocenters. The number of benzene rings is 1. The van der Waals surface area contributed by atoms with Crippen molar-refractivity contribution < 1.29 is 18.3 Å². The Morgan fingerprint density at radius 3 is 2.55 bits per heavy atom. The largest absolute Gasteiger partial charge is 0.480 e. The lowest BCUT2D eigenvalue weighted by Gasteiger charge is -2.20. The monoisotopic (exact) mass is 363 g/mol. The van der Waals surface area contributed by atoms with Crippen LogP contribution in [-0.4, -0.2) is 25.5 Å². The number of carboxylic acid groups (broad SMARTS) is 1. The molecule has 0 bridgehead atoms. The topological polar surface area (TPSA) is 83.5 Å². The molecule has 0 aromatic heterocycles. The average molecular weight is 364 g/mol. The molecule has 0 saturated carbocycles. The van der Waals surface area contributed by atoms with E-state index in [1.165, 1.54) is 6.07 Å². The first-order valence-corrected chi connectivity index (χ1v) is 8.48. The van der Waals surface area contributed by atoms with Crippen LogP contribution in [0.25, 0.3) is 0 Å². The van der Waals surface area contributed by atoms with Gasteiger partial charge in [0.1, 0.15) is 6.04 Å². The first-order chi connectivity index (χ1) is 9.19. The van der Waals surface area contributed by atoms with E-state index in [4.69, 9.17) is 0 Å². The van der Waals surface area contributed by atoms with Crippen molar-refractivity contribution in [1.82, 2.24) is 4.72 Å². The van der Waals surface area contributed by atoms with Crippen molar-refractivity contribution in [3.05, 3.63) is 28.2 Å². The quantitative estimate of drug-likeness (QED) is 0.813. The second-order valence-corrected chi connectivity index (χ2v) is 7.29. The predicted molar refractivity (Wildman–Crippen MR) is 80.1 cm³/mol. The van der Waals surface area contributed by atoms with Gasteiger partial charge < -0.3 is 5.11 Å². The predicted octanol–water partition coefficient (Wildman–Crippen LogP) is 2.54. The normalized spacial score (nSPS) is 14.8. The van der Waals surface area contributed by atoms with E-state index in [1.54, 1.807) is 26.0 Å². The minimum atomic E-state index is -3.89. The van der Waals surface area contributed by atoms with Crippen LogP contribution in [0.15, 0.2) is 27.6 Å². The molecule has 1 rings (SSSR count). The van der Waals surface area contributed by atoms with Gasteiger partial charge >= 0.3 is 5.97 Å². The maximum Gasteiger partial charge on any atom is 0.322 e. The summed E-state index contributed by atoms with van der Waals surface area (Å²) >= 11 is 3.18. The summed E-state index contributed by atoms with van der Waals surface area (Å²) in [5.74, 6) is -1.47. The Labute approximate surface area is 127 Å². The van der Waals surface area contributed by atoms with E-state index in [-0.39, 0.29) is 10.8 Å². The van der Waals surface area contributed by atoms with Crippen LogP contribution in [0.3, 0.4) is 0 Å². The SMILES string of the molecule is CC[C@H](C)[C@H](NS(=O)(=O)c1cc(C)ccc1Br)C(=O)O. The van der Waals surface area contributed by atoms with Crippen molar-refractivity contribution in [2.45, 2.75) is 38.1 Å². The van der Waals surface area contributed by atoms with Gasteiger partial charge in [0.25, 0.3) is 0 Å². The summed E-state index contributed by atoms with van der Waals surface area (Å²) in [4.78, 5) is 11.3. The lowest BCUT2D eigenvalue weighted by atomic mass is 10.0. The molecule has 1 aromatic carbocycles. The van der Waals surface area contributed by atoms with Gasteiger partial charge in [-0.25, -0.2) is 8.42 Å². The van der Waals surface area contributed by atoms with Crippen LogP contribution in [0.2, 0.25) is 0 Å². The molecule has 0 aliphatic rings. The second-order valence-electron chi connectivity index (χ2n) is 4.76. The Morgan fingerprint density at radius 2 is 2.05 bits per heavy atom. The van der Waals surface area contributed by atoms with Gasteiger partial charge in [-0.15, -0.1) is 0 Å². The third-order valence-electron chi connectivity index (χ3n) is 3.14. The Balaban J connectivity index is 3.16. The number of hydrogen-bond acceptors (Lipinski definition) is 3. The van der Waals surface area contributed by atoms with Gasteiger partial charge in [0.05, 0.1) is 4.90 Å². The van der Waals surface area contributed by atoms with E-state index >= 15 is 0 Å². The van der Waals surface area contributed by atoms with Crippen LogP contribution < -0.4 is 4.72 Å². The fourth-order valence-electron chi connectivity index (χ4n) is 1.69. The second kappa shape index (κ2) is 6.69. The number of carbonyl (C=O) groups is 1. The molecular formula is C13H18BrNO4S. The average Bonchev–Trinajstić information content (AvgIpc) is 2.37. The van der Waals surface area contributed by atoms with E-state index in [0.717, 1.165) is 5.56 Å². The minimum absolute atomic E-state index is 0.0482. The summed E-state index contributed by atoms with van der Waals surface area (Å²) in [6, 6.07) is 3.76. The number of halogens is 1. The molecule has 1 aromatic rings. The van der Waals surface area contributed by atoms with E-state index in [9.17, 15) is 18.3 Å².